The molecular formula is C13H16N4. The maximum Gasteiger partial charge on any atom is 0.140 e. The molecular weight excluding hydrogens is 212 g/mol. The van der Waals surface area contributed by atoms with Crippen LogP contribution in [-0.2, 0) is 6.54 Å². The van der Waals surface area contributed by atoms with E-state index in [1.165, 1.54) is 6.21 Å². The minimum atomic E-state index is 0.604. The molecule has 0 spiro atoms. The van der Waals surface area contributed by atoms with E-state index in [2.05, 4.69) is 16.5 Å². The van der Waals surface area contributed by atoms with Crippen LogP contribution in [0.4, 0.5) is 0 Å². The van der Waals surface area contributed by atoms with Gasteiger partial charge in [0.25, 0.3) is 0 Å². The Kier molecular flexibility index (Phi) is 3.23. The molecule has 0 fully saturated rings. The van der Waals surface area contributed by atoms with Crippen LogP contribution in [0.5, 0.6) is 0 Å². The number of hydrogen-bond acceptors (Lipinski definition) is 3. The number of aryl methyl sites for hydroxylation is 1. The van der Waals surface area contributed by atoms with Gasteiger partial charge >= 0.3 is 0 Å². The van der Waals surface area contributed by atoms with Crippen LogP contribution < -0.4 is 5.73 Å². The van der Waals surface area contributed by atoms with Crippen molar-refractivity contribution in [2.24, 2.45) is 5.73 Å². The molecule has 3 N–H and O–H groups in total. The number of hydrogen-bond donors (Lipinski definition) is 2. The fraction of sp³-hybridized carbons (Fsp3) is 0.231. The number of nitrogens with zero attached hydrogens (tertiary/aromatic N) is 2. The normalized spacial score (nSPS) is 11.9. The summed E-state index contributed by atoms with van der Waals surface area (Å²) in [5.41, 5.74) is 8.45. The average molecular weight is 228 g/mol. The Morgan fingerprint density at radius 2 is 2.41 bits per heavy atom. The molecule has 4 heteroatoms. The highest BCUT2D eigenvalue weighted by molar-refractivity contribution is 5.93. The topological polar surface area (TPSA) is 67.7 Å². The van der Waals surface area contributed by atoms with Crippen molar-refractivity contribution in [3.63, 3.8) is 0 Å². The molecule has 0 saturated heterocycles. The van der Waals surface area contributed by atoms with Crippen molar-refractivity contribution in [3.05, 3.63) is 36.2 Å². The quantitative estimate of drug-likeness (QED) is 0.789. The molecule has 2 heterocycles. The Morgan fingerprint density at radius 3 is 3.12 bits per heavy atom. The predicted octanol–water partition coefficient (Wildman–Crippen LogP) is 2.40. The Balaban J connectivity index is 2.64. The van der Waals surface area contributed by atoms with Crippen LogP contribution in [-0.4, -0.2) is 15.8 Å². The number of nitrogens with one attached hydrogen (secondary N) is 1. The van der Waals surface area contributed by atoms with E-state index in [1.54, 1.807) is 12.3 Å². The van der Waals surface area contributed by atoms with Crippen molar-refractivity contribution < 1.29 is 0 Å². The number of nitrogens with two attached hydrogens (primary N) is 1. The predicted molar refractivity (Wildman–Crippen MR) is 71.0 cm³/mol. The first kappa shape index (κ1) is 11.4. The maximum absolute atomic E-state index is 7.07. The molecule has 0 atom stereocenters. The fourth-order valence-electron chi connectivity index (χ4n) is 1.94. The summed E-state index contributed by atoms with van der Waals surface area (Å²) in [5.74, 6) is 0. The lowest BCUT2D eigenvalue weighted by Gasteiger charge is -1.99. The first-order chi connectivity index (χ1) is 8.27. The van der Waals surface area contributed by atoms with E-state index < -0.39 is 0 Å². The second-order valence-electron chi connectivity index (χ2n) is 3.90. The number of aromatic nitrogens is 2. The number of fused-ring (bicyclic) bond motifs is 1. The van der Waals surface area contributed by atoms with E-state index >= 15 is 0 Å². The van der Waals surface area contributed by atoms with Gasteiger partial charge in [-0.05, 0) is 24.6 Å². The maximum atomic E-state index is 7.07. The van der Waals surface area contributed by atoms with Crippen LogP contribution >= 0.6 is 0 Å². The molecule has 0 amide bonds. The van der Waals surface area contributed by atoms with Crippen molar-refractivity contribution in [2.45, 2.75) is 19.9 Å². The molecule has 0 radical (unpaired) electrons. The standard InChI is InChI=1S/C13H16N4/c1-2-8-17-9-11(12(15)5-6-14)10-4-3-7-16-13(10)17/h3-7,9,14H,2,8,15H2,1H3/b12-5-,14-6?. The highest BCUT2D eigenvalue weighted by atomic mass is 15.0. The third-order valence-electron chi connectivity index (χ3n) is 2.67. The summed E-state index contributed by atoms with van der Waals surface area (Å²) in [6.07, 6.45) is 7.64. The second kappa shape index (κ2) is 4.82. The molecule has 0 aliphatic heterocycles. The van der Waals surface area contributed by atoms with E-state index in [4.69, 9.17) is 11.1 Å². The lowest BCUT2D eigenvalue weighted by Crippen LogP contribution is -1.97. The number of rotatable bonds is 4. The van der Waals surface area contributed by atoms with Gasteiger partial charge in [-0.1, -0.05) is 6.92 Å². The third-order valence-corrected chi connectivity index (χ3v) is 2.67. The van der Waals surface area contributed by atoms with Gasteiger partial charge in [0, 0.05) is 41.8 Å². The lowest BCUT2D eigenvalue weighted by molar-refractivity contribution is 0.697. The van der Waals surface area contributed by atoms with Crippen LogP contribution in [0.1, 0.15) is 18.9 Å². The van der Waals surface area contributed by atoms with E-state index in [0.717, 1.165) is 29.6 Å². The molecule has 0 aromatic carbocycles. The van der Waals surface area contributed by atoms with Crippen molar-refractivity contribution in [1.82, 2.24) is 9.55 Å². The van der Waals surface area contributed by atoms with Crippen molar-refractivity contribution in [2.75, 3.05) is 0 Å². The summed E-state index contributed by atoms with van der Waals surface area (Å²) < 4.78 is 2.11. The summed E-state index contributed by atoms with van der Waals surface area (Å²) in [6, 6.07) is 3.91. The summed E-state index contributed by atoms with van der Waals surface area (Å²) in [4.78, 5) is 4.39. The number of pyridine rings is 1. The molecule has 0 bridgehead atoms. The number of allylic oxidation sites excluding steroid dienone is 1. The lowest BCUT2D eigenvalue weighted by atomic mass is 10.1. The molecule has 88 valence electrons. The summed E-state index contributed by atoms with van der Waals surface area (Å²) in [6.45, 7) is 3.05. The van der Waals surface area contributed by atoms with Crippen LogP contribution in [0.2, 0.25) is 0 Å². The average Bonchev–Trinajstić information content (AvgIpc) is 2.70. The minimum absolute atomic E-state index is 0.604. The Morgan fingerprint density at radius 1 is 1.59 bits per heavy atom. The summed E-state index contributed by atoms with van der Waals surface area (Å²) in [5, 5.41) is 8.11. The molecule has 0 saturated carbocycles. The summed E-state index contributed by atoms with van der Waals surface area (Å²) in [7, 11) is 0. The van der Waals surface area contributed by atoms with Crippen LogP contribution in [0.3, 0.4) is 0 Å². The van der Waals surface area contributed by atoms with Gasteiger partial charge in [-0.3, -0.25) is 0 Å². The fourth-order valence-corrected chi connectivity index (χ4v) is 1.94. The van der Waals surface area contributed by atoms with Gasteiger partial charge in [-0.25, -0.2) is 4.98 Å². The molecule has 4 nitrogen and oxygen atoms in total. The minimum Gasteiger partial charge on any atom is -0.398 e. The van der Waals surface area contributed by atoms with E-state index in [9.17, 15) is 0 Å². The van der Waals surface area contributed by atoms with Crippen molar-refractivity contribution in [3.8, 4) is 0 Å². The van der Waals surface area contributed by atoms with Crippen LogP contribution in [0.25, 0.3) is 16.7 Å². The van der Waals surface area contributed by atoms with Gasteiger partial charge in [-0.15, -0.1) is 0 Å². The molecule has 0 aliphatic carbocycles. The smallest absolute Gasteiger partial charge is 0.140 e. The first-order valence-electron chi connectivity index (χ1n) is 5.68. The van der Waals surface area contributed by atoms with E-state index in [1.807, 2.05) is 18.3 Å². The van der Waals surface area contributed by atoms with Crippen LogP contribution in [0.15, 0.2) is 30.6 Å². The zero-order valence-corrected chi connectivity index (χ0v) is 9.85. The van der Waals surface area contributed by atoms with Gasteiger partial charge < -0.3 is 15.7 Å². The zero-order chi connectivity index (χ0) is 12.3. The SMILES string of the molecule is CCCn1cc(/C(N)=C/C=N)c2cccnc21. The molecule has 2 rings (SSSR count). The van der Waals surface area contributed by atoms with Gasteiger partial charge in [0.1, 0.15) is 5.65 Å². The van der Waals surface area contributed by atoms with Crippen molar-refractivity contribution >= 4 is 22.9 Å². The summed E-state index contributed by atoms with van der Waals surface area (Å²) >= 11 is 0. The Bertz CT molecular complexity index is 566. The Hall–Kier alpha value is -2.10. The largest absolute Gasteiger partial charge is 0.398 e. The molecule has 17 heavy (non-hydrogen) atoms. The second-order valence-corrected chi connectivity index (χ2v) is 3.90. The van der Waals surface area contributed by atoms with Crippen molar-refractivity contribution in [1.29, 1.82) is 5.41 Å². The third kappa shape index (κ3) is 2.06. The monoisotopic (exact) mass is 228 g/mol. The molecule has 0 aliphatic rings. The molecule has 2 aromatic rings. The zero-order valence-electron chi connectivity index (χ0n) is 9.85. The van der Waals surface area contributed by atoms with Gasteiger partial charge in [-0.2, -0.15) is 0 Å². The van der Waals surface area contributed by atoms with Gasteiger partial charge in [0.05, 0.1) is 0 Å². The first-order valence-corrected chi connectivity index (χ1v) is 5.68. The highest BCUT2D eigenvalue weighted by Crippen LogP contribution is 2.23. The Labute approximate surface area is 100 Å². The molecule has 0 unspecified atom stereocenters. The van der Waals surface area contributed by atoms with Gasteiger partial charge in [0.2, 0.25) is 0 Å². The van der Waals surface area contributed by atoms with Crippen LogP contribution in [0, 0.1) is 5.41 Å². The van der Waals surface area contributed by atoms with E-state index in [0.29, 0.717) is 5.70 Å². The highest BCUT2D eigenvalue weighted by Gasteiger charge is 2.09. The molecule has 2 aromatic heterocycles. The van der Waals surface area contributed by atoms with E-state index in [-0.39, 0.29) is 0 Å². The van der Waals surface area contributed by atoms with Gasteiger partial charge in [0.15, 0.2) is 0 Å².